The molecular weight excluding hydrogens is 242 g/mol. The highest BCUT2D eigenvalue weighted by molar-refractivity contribution is 7.99. The standard InChI is InChI=1S/C11H13NO4S/c1-16-8-4-2-3-6(9(8)13)10-12-7(5-17-10)11(14)15/h2-4,7,10,12-13H,5H2,1H3,(H,14,15)/t7-,10?/m0/s1. The topological polar surface area (TPSA) is 78.8 Å². The molecule has 1 aliphatic heterocycles. The van der Waals surface area contributed by atoms with E-state index in [1.807, 2.05) is 0 Å². The summed E-state index contributed by atoms with van der Waals surface area (Å²) in [6.45, 7) is 0. The van der Waals surface area contributed by atoms with Gasteiger partial charge in [-0.25, -0.2) is 0 Å². The average Bonchev–Trinajstić information content (AvgIpc) is 2.78. The van der Waals surface area contributed by atoms with Crippen molar-refractivity contribution >= 4 is 17.7 Å². The fourth-order valence-electron chi connectivity index (χ4n) is 1.71. The molecule has 0 amide bonds. The van der Waals surface area contributed by atoms with Crippen LogP contribution in [0.5, 0.6) is 11.5 Å². The van der Waals surface area contributed by atoms with E-state index in [0.29, 0.717) is 17.1 Å². The molecular formula is C11H13NO4S. The van der Waals surface area contributed by atoms with Crippen LogP contribution < -0.4 is 10.1 Å². The summed E-state index contributed by atoms with van der Waals surface area (Å²) in [4.78, 5) is 10.8. The van der Waals surface area contributed by atoms with Gasteiger partial charge in [-0.05, 0) is 6.07 Å². The number of aromatic hydroxyl groups is 1. The van der Waals surface area contributed by atoms with E-state index < -0.39 is 12.0 Å². The van der Waals surface area contributed by atoms with Gasteiger partial charge < -0.3 is 14.9 Å². The van der Waals surface area contributed by atoms with Crippen LogP contribution in [0.2, 0.25) is 0 Å². The van der Waals surface area contributed by atoms with Crippen LogP contribution in [0, 0.1) is 0 Å². The molecule has 0 spiro atoms. The average molecular weight is 255 g/mol. The molecule has 2 rings (SSSR count). The van der Waals surface area contributed by atoms with Gasteiger partial charge in [0.2, 0.25) is 0 Å². The van der Waals surface area contributed by atoms with Crippen molar-refractivity contribution in [1.82, 2.24) is 5.32 Å². The molecule has 1 saturated heterocycles. The fourth-order valence-corrected chi connectivity index (χ4v) is 2.96. The van der Waals surface area contributed by atoms with Gasteiger partial charge in [-0.2, -0.15) is 0 Å². The lowest BCUT2D eigenvalue weighted by Crippen LogP contribution is -2.33. The van der Waals surface area contributed by atoms with Crippen molar-refractivity contribution in [2.24, 2.45) is 0 Å². The summed E-state index contributed by atoms with van der Waals surface area (Å²) in [5.41, 5.74) is 0.651. The number of aliphatic carboxylic acids is 1. The van der Waals surface area contributed by atoms with Gasteiger partial charge >= 0.3 is 5.97 Å². The predicted molar refractivity (Wildman–Crippen MR) is 64.4 cm³/mol. The van der Waals surface area contributed by atoms with E-state index >= 15 is 0 Å². The van der Waals surface area contributed by atoms with Crippen molar-refractivity contribution < 1.29 is 19.7 Å². The first-order valence-electron chi connectivity index (χ1n) is 5.10. The lowest BCUT2D eigenvalue weighted by atomic mass is 10.1. The molecule has 92 valence electrons. The molecule has 1 aromatic carbocycles. The second-order valence-corrected chi connectivity index (χ2v) is 4.81. The van der Waals surface area contributed by atoms with Crippen LogP contribution >= 0.6 is 11.8 Å². The number of hydrogen-bond donors (Lipinski definition) is 3. The van der Waals surface area contributed by atoms with Gasteiger partial charge in [-0.3, -0.25) is 10.1 Å². The van der Waals surface area contributed by atoms with Gasteiger partial charge in [-0.1, -0.05) is 12.1 Å². The third-order valence-corrected chi connectivity index (χ3v) is 3.86. The van der Waals surface area contributed by atoms with Crippen molar-refractivity contribution in [3.05, 3.63) is 23.8 Å². The molecule has 17 heavy (non-hydrogen) atoms. The number of phenols is 1. The molecule has 1 aliphatic rings. The maximum atomic E-state index is 10.8. The number of para-hydroxylation sites is 1. The van der Waals surface area contributed by atoms with Crippen molar-refractivity contribution in [3.63, 3.8) is 0 Å². The van der Waals surface area contributed by atoms with Gasteiger partial charge in [0.1, 0.15) is 6.04 Å². The molecule has 0 radical (unpaired) electrons. The number of hydrogen-bond acceptors (Lipinski definition) is 5. The van der Waals surface area contributed by atoms with Gasteiger partial charge in [-0.15, -0.1) is 11.8 Å². The lowest BCUT2D eigenvalue weighted by molar-refractivity contribution is -0.138. The normalized spacial score (nSPS) is 23.6. The van der Waals surface area contributed by atoms with Crippen LogP contribution in [0.1, 0.15) is 10.9 Å². The third-order valence-electron chi connectivity index (χ3n) is 2.61. The molecule has 1 aromatic rings. The first-order chi connectivity index (χ1) is 8.13. The Morgan fingerprint density at radius 1 is 1.59 bits per heavy atom. The number of nitrogens with one attached hydrogen (secondary N) is 1. The SMILES string of the molecule is COc1cccc(C2N[C@H](C(=O)O)CS2)c1O. The Kier molecular flexibility index (Phi) is 3.44. The molecule has 5 nitrogen and oxygen atoms in total. The monoisotopic (exact) mass is 255 g/mol. The first-order valence-corrected chi connectivity index (χ1v) is 6.14. The van der Waals surface area contributed by atoms with Crippen LogP contribution in [0.3, 0.4) is 0 Å². The smallest absolute Gasteiger partial charge is 0.321 e. The van der Waals surface area contributed by atoms with E-state index in [1.165, 1.54) is 18.9 Å². The number of benzene rings is 1. The van der Waals surface area contributed by atoms with E-state index in [0.717, 1.165) is 0 Å². The maximum absolute atomic E-state index is 10.8. The molecule has 0 saturated carbocycles. The Morgan fingerprint density at radius 2 is 2.35 bits per heavy atom. The molecule has 1 heterocycles. The number of thioether (sulfide) groups is 1. The second-order valence-electron chi connectivity index (χ2n) is 3.67. The van der Waals surface area contributed by atoms with Gasteiger partial charge in [0.25, 0.3) is 0 Å². The largest absolute Gasteiger partial charge is 0.504 e. The summed E-state index contributed by atoms with van der Waals surface area (Å²) in [5.74, 6) is 0.0634. The maximum Gasteiger partial charge on any atom is 0.321 e. The quantitative estimate of drug-likeness (QED) is 0.753. The Balaban J connectivity index is 2.22. The number of carbonyl (C=O) groups is 1. The minimum Gasteiger partial charge on any atom is -0.504 e. The summed E-state index contributed by atoms with van der Waals surface area (Å²) in [6, 6.07) is 4.61. The molecule has 0 bridgehead atoms. The number of carboxylic acids is 1. The second kappa shape index (κ2) is 4.85. The third kappa shape index (κ3) is 2.32. The zero-order chi connectivity index (χ0) is 12.4. The molecule has 1 unspecified atom stereocenters. The number of methoxy groups -OCH3 is 1. The van der Waals surface area contributed by atoms with E-state index in [4.69, 9.17) is 9.84 Å². The zero-order valence-electron chi connectivity index (χ0n) is 9.21. The van der Waals surface area contributed by atoms with E-state index in [2.05, 4.69) is 5.32 Å². The van der Waals surface area contributed by atoms with E-state index in [-0.39, 0.29) is 11.1 Å². The number of phenolic OH excluding ortho intramolecular Hbond substituents is 1. The Bertz CT molecular complexity index is 437. The van der Waals surface area contributed by atoms with Crippen LogP contribution in [0.4, 0.5) is 0 Å². The molecule has 1 fully saturated rings. The van der Waals surface area contributed by atoms with Crippen LogP contribution in [-0.4, -0.2) is 35.1 Å². The van der Waals surface area contributed by atoms with Crippen molar-refractivity contribution in [1.29, 1.82) is 0 Å². The summed E-state index contributed by atoms with van der Waals surface area (Å²) < 4.78 is 5.02. The number of carboxylic acid groups (broad SMARTS) is 1. The van der Waals surface area contributed by atoms with Crippen LogP contribution in [-0.2, 0) is 4.79 Å². The van der Waals surface area contributed by atoms with Gasteiger partial charge in [0.05, 0.1) is 12.5 Å². The van der Waals surface area contributed by atoms with Crippen molar-refractivity contribution in [3.8, 4) is 11.5 Å². The highest BCUT2D eigenvalue weighted by Gasteiger charge is 2.32. The fraction of sp³-hybridized carbons (Fsp3) is 0.364. The Morgan fingerprint density at radius 3 is 2.94 bits per heavy atom. The Hall–Kier alpha value is -1.40. The minimum atomic E-state index is -0.873. The highest BCUT2D eigenvalue weighted by Crippen LogP contribution is 2.41. The van der Waals surface area contributed by atoms with Gasteiger partial charge in [0, 0.05) is 11.3 Å². The minimum absolute atomic E-state index is 0.0611. The van der Waals surface area contributed by atoms with Crippen LogP contribution in [0.25, 0.3) is 0 Å². The molecule has 0 aliphatic carbocycles. The summed E-state index contributed by atoms with van der Waals surface area (Å²) in [6.07, 6.45) is 0. The molecule has 2 atom stereocenters. The Labute approximate surface area is 103 Å². The molecule has 6 heteroatoms. The molecule has 0 aromatic heterocycles. The number of ether oxygens (including phenoxy) is 1. The van der Waals surface area contributed by atoms with E-state index in [9.17, 15) is 9.90 Å². The summed E-state index contributed by atoms with van der Waals surface area (Å²) in [5, 5.41) is 21.6. The van der Waals surface area contributed by atoms with Crippen molar-refractivity contribution in [2.45, 2.75) is 11.4 Å². The van der Waals surface area contributed by atoms with Crippen LogP contribution in [0.15, 0.2) is 18.2 Å². The van der Waals surface area contributed by atoms with Crippen molar-refractivity contribution in [2.75, 3.05) is 12.9 Å². The summed E-state index contributed by atoms with van der Waals surface area (Å²) >= 11 is 1.46. The number of rotatable bonds is 3. The lowest BCUT2D eigenvalue weighted by Gasteiger charge is -2.14. The van der Waals surface area contributed by atoms with E-state index in [1.54, 1.807) is 18.2 Å². The molecule has 3 N–H and O–H groups in total. The zero-order valence-corrected chi connectivity index (χ0v) is 10.0. The highest BCUT2D eigenvalue weighted by atomic mass is 32.2. The van der Waals surface area contributed by atoms with Gasteiger partial charge in [0.15, 0.2) is 11.5 Å². The summed E-state index contributed by atoms with van der Waals surface area (Å²) in [7, 11) is 1.48. The predicted octanol–water partition coefficient (Wildman–Crippen LogP) is 1.19. The first kappa shape index (κ1) is 12.1.